The Hall–Kier alpha value is -3.99. The summed E-state index contributed by atoms with van der Waals surface area (Å²) in [6.45, 7) is 2.05. The number of rotatable bonds is 5. The molecule has 0 radical (unpaired) electrons. The van der Waals surface area contributed by atoms with Crippen LogP contribution in [0.2, 0.25) is 0 Å². The first kappa shape index (κ1) is 19.3. The largest absolute Gasteiger partial charge is 0.314 e. The zero-order valence-electron chi connectivity index (χ0n) is 16.4. The molecule has 0 aliphatic rings. The standard InChI is InChI=1S/C25H20FN3O/c1-18-11-16-24(19-7-3-2-4-8-19)29(18)22-14-12-20(13-15-22)25(30)28-27-17-21-9-5-6-10-23(21)26/h2-17H,1H3,(H,28,30)/b27-17+. The predicted octanol–water partition coefficient (Wildman–Crippen LogP) is 5.36. The Bertz CT molecular complexity index is 1190. The molecule has 0 aliphatic heterocycles. The van der Waals surface area contributed by atoms with Crippen LogP contribution in [0.3, 0.4) is 0 Å². The number of benzene rings is 3. The second-order valence-electron chi connectivity index (χ2n) is 6.83. The maximum absolute atomic E-state index is 13.6. The number of nitrogens with zero attached hydrogens (tertiary/aromatic N) is 2. The molecule has 4 nitrogen and oxygen atoms in total. The van der Waals surface area contributed by atoms with Crippen LogP contribution >= 0.6 is 0 Å². The Morgan fingerprint density at radius 2 is 1.60 bits per heavy atom. The topological polar surface area (TPSA) is 46.4 Å². The molecule has 1 N–H and O–H groups in total. The average molecular weight is 397 g/mol. The highest BCUT2D eigenvalue weighted by molar-refractivity contribution is 5.95. The van der Waals surface area contributed by atoms with Gasteiger partial charge in [0.15, 0.2) is 0 Å². The number of halogens is 1. The fourth-order valence-corrected chi connectivity index (χ4v) is 3.28. The third-order valence-electron chi connectivity index (χ3n) is 4.81. The highest BCUT2D eigenvalue weighted by Gasteiger charge is 2.10. The van der Waals surface area contributed by atoms with E-state index in [2.05, 4.69) is 39.4 Å². The van der Waals surface area contributed by atoms with Crippen molar-refractivity contribution in [3.63, 3.8) is 0 Å². The number of aromatic nitrogens is 1. The van der Waals surface area contributed by atoms with Crippen LogP contribution in [-0.2, 0) is 0 Å². The lowest BCUT2D eigenvalue weighted by Crippen LogP contribution is -2.17. The van der Waals surface area contributed by atoms with Gasteiger partial charge in [-0.15, -0.1) is 0 Å². The van der Waals surface area contributed by atoms with Crippen LogP contribution in [0.1, 0.15) is 21.6 Å². The molecule has 148 valence electrons. The van der Waals surface area contributed by atoms with Crippen molar-refractivity contribution in [1.82, 2.24) is 9.99 Å². The van der Waals surface area contributed by atoms with Crippen molar-refractivity contribution in [2.24, 2.45) is 5.10 Å². The van der Waals surface area contributed by atoms with Crippen LogP contribution in [0.4, 0.5) is 4.39 Å². The second kappa shape index (κ2) is 8.57. The van der Waals surface area contributed by atoms with Crippen LogP contribution < -0.4 is 5.43 Å². The Balaban J connectivity index is 1.52. The van der Waals surface area contributed by atoms with Crippen molar-refractivity contribution >= 4 is 12.1 Å². The molecule has 0 saturated heterocycles. The SMILES string of the molecule is Cc1ccc(-c2ccccc2)n1-c1ccc(C(=O)N/N=C/c2ccccc2F)cc1. The van der Waals surface area contributed by atoms with Crippen LogP contribution in [-0.4, -0.2) is 16.7 Å². The monoisotopic (exact) mass is 397 g/mol. The quantitative estimate of drug-likeness (QED) is 0.358. The summed E-state index contributed by atoms with van der Waals surface area (Å²) < 4.78 is 15.7. The summed E-state index contributed by atoms with van der Waals surface area (Å²) in [7, 11) is 0. The van der Waals surface area contributed by atoms with Gasteiger partial charge in [0.1, 0.15) is 5.82 Å². The van der Waals surface area contributed by atoms with E-state index in [1.165, 1.54) is 12.3 Å². The Labute approximate surface area is 174 Å². The number of carbonyl (C=O) groups is 1. The molecule has 0 unspecified atom stereocenters. The minimum Gasteiger partial charge on any atom is -0.314 e. The molecular formula is C25H20FN3O. The number of aryl methyl sites for hydroxylation is 1. The molecule has 0 spiro atoms. The van der Waals surface area contributed by atoms with E-state index in [9.17, 15) is 9.18 Å². The number of hydrogen-bond acceptors (Lipinski definition) is 2. The summed E-state index contributed by atoms with van der Waals surface area (Å²) in [6.07, 6.45) is 1.29. The number of hydrazone groups is 1. The normalized spacial score (nSPS) is 11.0. The third-order valence-corrected chi connectivity index (χ3v) is 4.81. The zero-order valence-corrected chi connectivity index (χ0v) is 16.4. The molecule has 0 saturated carbocycles. The van der Waals surface area contributed by atoms with Crippen molar-refractivity contribution in [2.45, 2.75) is 6.92 Å². The van der Waals surface area contributed by atoms with Crippen LogP contribution in [0, 0.1) is 12.7 Å². The molecule has 1 amide bonds. The highest BCUT2D eigenvalue weighted by atomic mass is 19.1. The van der Waals surface area contributed by atoms with Crippen molar-refractivity contribution in [1.29, 1.82) is 0 Å². The van der Waals surface area contributed by atoms with Gasteiger partial charge in [0.05, 0.1) is 11.9 Å². The maximum Gasteiger partial charge on any atom is 0.271 e. The molecule has 1 heterocycles. The van der Waals surface area contributed by atoms with E-state index in [1.54, 1.807) is 30.3 Å². The highest BCUT2D eigenvalue weighted by Crippen LogP contribution is 2.26. The molecule has 4 aromatic rings. The average Bonchev–Trinajstić information content (AvgIpc) is 3.17. The summed E-state index contributed by atoms with van der Waals surface area (Å²) in [5, 5.41) is 3.85. The van der Waals surface area contributed by atoms with Gasteiger partial charge in [-0.25, -0.2) is 9.82 Å². The molecular weight excluding hydrogens is 377 g/mol. The van der Waals surface area contributed by atoms with Crippen LogP contribution in [0.5, 0.6) is 0 Å². The minimum atomic E-state index is -0.392. The Kier molecular flexibility index (Phi) is 5.52. The van der Waals surface area contributed by atoms with Crippen molar-refractivity contribution in [3.05, 3.63) is 114 Å². The van der Waals surface area contributed by atoms with Gasteiger partial charge in [0.2, 0.25) is 0 Å². The van der Waals surface area contributed by atoms with Gasteiger partial charge in [-0.1, -0.05) is 48.5 Å². The fourth-order valence-electron chi connectivity index (χ4n) is 3.28. The third kappa shape index (κ3) is 4.05. The number of hydrogen-bond donors (Lipinski definition) is 1. The van der Waals surface area contributed by atoms with E-state index in [0.29, 0.717) is 11.1 Å². The van der Waals surface area contributed by atoms with Gasteiger partial charge in [-0.2, -0.15) is 5.10 Å². The number of amides is 1. The molecule has 0 bridgehead atoms. The van der Waals surface area contributed by atoms with E-state index in [-0.39, 0.29) is 5.91 Å². The lowest BCUT2D eigenvalue weighted by molar-refractivity contribution is 0.0955. The number of carbonyl (C=O) groups excluding carboxylic acids is 1. The van der Waals surface area contributed by atoms with Gasteiger partial charge in [-0.3, -0.25) is 4.79 Å². The minimum absolute atomic E-state index is 0.310. The van der Waals surface area contributed by atoms with E-state index in [4.69, 9.17) is 0 Å². The lowest BCUT2D eigenvalue weighted by Gasteiger charge is -2.12. The molecule has 0 fully saturated rings. The lowest BCUT2D eigenvalue weighted by atomic mass is 10.1. The van der Waals surface area contributed by atoms with Crippen LogP contribution in [0.25, 0.3) is 16.9 Å². The molecule has 30 heavy (non-hydrogen) atoms. The molecule has 3 aromatic carbocycles. The first-order valence-electron chi connectivity index (χ1n) is 9.55. The van der Waals surface area contributed by atoms with Crippen LogP contribution in [0.15, 0.2) is 96.1 Å². The Morgan fingerprint density at radius 3 is 2.33 bits per heavy atom. The van der Waals surface area contributed by atoms with Gasteiger partial charge >= 0.3 is 0 Å². The summed E-state index contributed by atoms with van der Waals surface area (Å²) in [5.41, 5.74) is 7.47. The summed E-state index contributed by atoms with van der Waals surface area (Å²) in [4.78, 5) is 12.3. The molecule has 4 rings (SSSR count). The van der Waals surface area contributed by atoms with Crippen molar-refractivity contribution in [3.8, 4) is 16.9 Å². The van der Waals surface area contributed by atoms with E-state index < -0.39 is 5.82 Å². The fraction of sp³-hybridized carbons (Fsp3) is 0.0400. The van der Waals surface area contributed by atoms with Gasteiger partial charge in [-0.05, 0) is 55.0 Å². The number of nitrogens with one attached hydrogen (secondary N) is 1. The molecule has 5 heteroatoms. The first-order valence-corrected chi connectivity index (χ1v) is 9.55. The molecule has 1 aromatic heterocycles. The predicted molar refractivity (Wildman–Crippen MR) is 117 cm³/mol. The first-order chi connectivity index (χ1) is 14.6. The summed E-state index contributed by atoms with van der Waals surface area (Å²) in [6, 6.07) is 27.8. The van der Waals surface area contributed by atoms with E-state index >= 15 is 0 Å². The van der Waals surface area contributed by atoms with Crippen molar-refractivity contribution in [2.75, 3.05) is 0 Å². The molecule has 0 aliphatic carbocycles. The van der Waals surface area contributed by atoms with E-state index in [0.717, 1.165) is 22.6 Å². The summed E-state index contributed by atoms with van der Waals surface area (Å²) >= 11 is 0. The van der Waals surface area contributed by atoms with Crippen molar-refractivity contribution < 1.29 is 9.18 Å². The zero-order chi connectivity index (χ0) is 20.9. The Morgan fingerprint density at radius 1 is 0.900 bits per heavy atom. The second-order valence-corrected chi connectivity index (χ2v) is 6.83. The smallest absolute Gasteiger partial charge is 0.271 e. The maximum atomic E-state index is 13.6. The van der Waals surface area contributed by atoms with Gasteiger partial charge < -0.3 is 4.57 Å². The van der Waals surface area contributed by atoms with Gasteiger partial charge in [0.25, 0.3) is 5.91 Å². The molecule has 0 atom stereocenters. The summed E-state index contributed by atoms with van der Waals surface area (Å²) in [5.74, 6) is -0.752. The van der Waals surface area contributed by atoms with E-state index in [1.807, 2.05) is 37.3 Å². The van der Waals surface area contributed by atoms with Gasteiger partial charge in [0, 0.05) is 22.5 Å².